The first-order chi connectivity index (χ1) is 10.8. The first-order valence-corrected chi connectivity index (χ1v) is 7.47. The van der Waals surface area contributed by atoms with Gasteiger partial charge in [0.2, 0.25) is 5.95 Å². The van der Waals surface area contributed by atoms with Crippen molar-refractivity contribution in [1.29, 1.82) is 0 Å². The Morgan fingerprint density at radius 1 is 1.57 bits per heavy atom. The average Bonchev–Trinajstić information content (AvgIpc) is 2.92. The van der Waals surface area contributed by atoms with Crippen molar-refractivity contribution < 1.29 is 19.7 Å². The van der Waals surface area contributed by atoms with Gasteiger partial charge < -0.3 is 25.5 Å². The number of thiazole rings is 1. The predicted octanol–water partition coefficient (Wildman–Crippen LogP) is -1.82. The summed E-state index contributed by atoms with van der Waals surface area (Å²) in [6.45, 7) is 0.807. The Balaban J connectivity index is 2.25. The van der Waals surface area contributed by atoms with Crippen molar-refractivity contribution in [2.24, 2.45) is 5.92 Å². The van der Waals surface area contributed by atoms with E-state index in [0.717, 1.165) is 4.57 Å². The van der Waals surface area contributed by atoms with Gasteiger partial charge in [0, 0.05) is 0 Å². The van der Waals surface area contributed by atoms with Crippen LogP contribution in [0.15, 0.2) is 9.59 Å². The molecule has 1 fully saturated rings. The summed E-state index contributed by atoms with van der Waals surface area (Å²) in [6.07, 6.45) is -1.80. The van der Waals surface area contributed by atoms with Gasteiger partial charge in [-0.3, -0.25) is 19.1 Å². The number of carbonyl (C=O) groups is 1. The number of nitrogen functional groups attached to an aromatic ring is 1. The SMILES string of the molecule is C[C@@]1(O)[C@H](C=O)[C@@H](CO)O[C@H]1n1c(=O)sc2c(=O)[nH]c(N)nc21. The monoisotopic (exact) mass is 342 g/mol. The summed E-state index contributed by atoms with van der Waals surface area (Å²) < 4.78 is 6.50. The third-order valence-electron chi connectivity index (χ3n) is 3.93. The van der Waals surface area contributed by atoms with Crippen molar-refractivity contribution >= 4 is 33.9 Å². The maximum atomic E-state index is 12.3. The Labute approximate surface area is 132 Å². The molecule has 1 aliphatic rings. The maximum absolute atomic E-state index is 12.3. The van der Waals surface area contributed by atoms with Crippen molar-refractivity contribution in [2.45, 2.75) is 24.9 Å². The molecule has 2 aromatic heterocycles. The zero-order chi connectivity index (χ0) is 16.9. The zero-order valence-electron chi connectivity index (χ0n) is 11.9. The van der Waals surface area contributed by atoms with Crippen LogP contribution in [0, 0.1) is 5.92 Å². The summed E-state index contributed by atoms with van der Waals surface area (Å²) in [5.41, 5.74) is 3.09. The number of aromatic nitrogens is 3. The van der Waals surface area contributed by atoms with Crippen LogP contribution in [-0.2, 0) is 9.53 Å². The molecule has 1 aliphatic heterocycles. The highest BCUT2D eigenvalue weighted by molar-refractivity contribution is 7.16. The number of aldehydes is 1. The molecule has 0 radical (unpaired) electrons. The summed E-state index contributed by atoms with van der Waals surface area (Å²) in [4.78, 5) is 41.0. The van der Waals surface area contributed by atoms with Gasteiger partial charge in [0.15, 0.2) is 11.9 Å². The normalized spacial score (nSPS) is 30.8. The molecular formula is C12H14N4O6S. The van der Waals surface area contributed by atoms with Gasteiger partial charge in [0.1, 0.15) is 16.6 Å². The lowest BCUT2D eigenvalue weighted by Gasteiger charge is -2.27. The molecule has 2 aromatic rings. The number of ether oxygens (including phenoxy) is 1. The highest BCUT2D eigenvalue weighted by Gasteiger charge is 2.54. The number of nitrogens with two attached hydrogens (primary N) is 1. The maximum Gasteiger partial charge on any atom is 0.311 e. The number of rotatable bonds is 3. The Hall–Kier alpha value is -2.08. The summed E-state index contributed by atoms with van der Waals surface area (Å²) in [7, 11) is 0. The standard InChI is InChI=1S/C12H14N4O6S/c1-12(21)4(2-17)5(3-18)22-9(12)16-7-6(23-11(16)20)8(19)15-10(13)14-7/h2,4-5,9,18,21H,3H2,1H3,(H3,13,14,15,19)/t4-,5-,9-,12-/m1/s1. The van der Waals surface area contributed by atoms with E-state index >= 15 is 0 Å². The zero-order valence-corrected chi connectivity index (χ0v) is 12.7. The fourth-order valence-electron chi connectivity index (χ4n) is 2.79. The van der Waals surface area contributed by atoms with Crippen LogP contribution in [-0.4, -0.2) is 49.3 Å². The molecule has 0 spiro atoms. The van der Waals surface area contributed by atoms with Crippen LogP contribution >= 0.6 is 11.3 Å². The van der Waals surface area contributed by atoms with E-state index in [1.54, 1.807) is 0 Å². The fourth-order valence-corrected chi connectivity index (χ4v) is 3.62. The van der Waals surface area contributed by atoms with Gasteiger partial charge in [-0.15, -0.1) is 0 Å². The average molecular weight is 342 g/mol. The van der Waals surface area contributed by atoms with Crippen molar-refractivity contribution in [2.75, 3.05) is 12.3 Å². The summed E-state index contributed by atoms with van der Waals surface area (Å²) in [5.74, 6) is -1.24. The molecule has 0 aliphatic carbocycles. The number of aliphatic hydroxyl groups excluding tert-OH is 1. The number of aliphatic hydroxyl groups is 2. The Morgan fingerprint density at radius 3 is 2.83 bits per heavy atom. The predicted molar refractivity (Wildman–Crippen MR) is 80.1 cm³/mol. The molecule has 0 saturated carbocycles. The second-order valence-electron chi connectivity index (χ2n) is 5.44. The summed E-state index contributed by atoms with van der Waals surface area (Å²) in [6, 6.07) is 0. The van der Waals surface area contributed by atoms with E-state index < -0.39 is 40.9 Å². The minimum atomic E-state index is -1.77. The number of nitrogens with zero attached hydrogens (tertiary/aromatic N) is 2. The second kappa shape index (κ2) is 5.23. The number of fused-ring (bicyclic) bond motifs is 1. The van der Waals surface area contributed by atoms with E-state index in [1.807, 2.05) is 0 Å². The molecule has 3 heterocycles. The Morgan fingerprint density at radius 2 is 2.26 bits per heavy atom. The van der Waals surface area contributed by atoms with Crippen LogP contribution in [0.3, 0.4) is 0 Å². The summed E-state index contributed by atoms with van der Waals surface area (Å²) in [5, 5.41) is 20.0. The Bertz CT molecular complexity index is 884. The number of hydrogen-bond donors (Lipinski definition) is 4. The molecule has 23 heavy (non-hydrogen) atoms. The third-order valence-corrected chi connectivity index (χ3v) is 4.88. The minimum Gasteiger partial charge on any atom is -0.394 e. The molecule has 0 unspecified atom stereocenters. The van der Waals surface area contributed by atoms with Gasteiger partial charge in [0.25, 0.3) is 5.56 Å². The molecule has 0 bridgehead atoms. The molecule has 5 N–H and O–H groups in total. The lowest BCUT2D eigenvalue weighted by atomic mass is 9.87. The second-order valence-corrected chi connectivity index (χ2v) is 6.40. The van der Waals surface area contributed by atoms with Crippen LogP contribution in [0.25, 0.3) is 10.3 Å². The highest BCUT2D eigenvalue weighted by Crippen LogP contribution is 2.42. The van der Waals surface area contributed by atoms with Gasteiger partial charge in [-0.2, -0.15) is 4.98 Å². The van der Waals surface area contributed by atoms with E-state index in [4.69, 9.17) is 10.5 Å². The van der Waals surface area contributed by atoms with Gasteiger partial charge in [0.05, 0.1) is 18.6 Å². The van der Waals surface area contributed by atoms with Crippen LogP contribution in [0.2, 0.25) is 0 Å². The lowest BCUT2D eigenvalue weighted by Crippen LogP contribution is -2.42. The van der Waals surface area contributed by atoms with E-state index in [0.29, 0.717) is 17.6 Å². The number of carbonyl (C=O) groups excluding carboxylic acids is 1. The summed E-state index contributed by atoms with van der Waals surface area (Å²) >= 11 is 0.623. The van der Waals surface area contributed by atoms with Crippen LogP contribution in [0.4, 0.5) is 5.95 Å². The lowest BCUT2D eigenvalue weighted by molar-refractivity contribution is -0.119. The Kier molecular flexibility index (Phi) is 3.59. The number of anilines is 1. The van der Waals surface area contributed by atoms with Crippen LogP contribution < -0.4 is 16.2 Å². The van der Waals surface area contributed by atoms with Gasteiger partial charge in [-0.05, 0) is 6.92 Å². The molecule has 11 heteroatoms. The number of aromatic amines is 1. The smallest absolute Gasteiger partial charge is 0.311 e. The largest absolute Gasteiger partial charge is 0.394 e. The van der Waals surface area contributed by atoms with Gasteiger partial charge in [-0.25, -0.2) is 0 Å². The fraction of sp³-hybridized carbons (Fsp3) is 0.500. The highest BCUT2D eigenvalue weighted by atomic mass is 32.1. The van der Waals surface area contributed by atoms with E-state index in [1.165, 1.54) is 6.92 Å². The molecule has 0 amide bonds. The van der Waals surface area contributed by atoms with Gasteiger partial charge >= 0.3 is 4.87 Å². The van der Waals surface area contributed by atoms with Crippen LogP contribution in [0.1, 0.15) is 13.2 Å². The topological polar surface area (TPSA) is 161 Å². The van der Waals surface area contributed by atoms with E-state index in [2.05, 4.69) is 9.97 Å². The first-order valence-electron chi connectivity index (χ1n) is 6.66. The van der Waals surface area contributed by atoms with Crippen molar-refractivity contribution in [1.82, 2.24) is 14.5 Å². The van der Waals surface area contributed by atoms with Crippen LogP contribution in [0.5, 0.6) is 0 Å². The third kappa shape index (κ3) is 2.20. The van der Waals surface area contributed by atoms with Crippen molar-refractivity contribution in [3.63, 3.8) is 0 Å². The van der Waals surface area contributed by atoms with E-state index in [9.17, 15) is 24.6 Å². The number of hydrogen-bond acceptors (Lipinski definition) is 9. The molecule has 10 nitrogen and oxygen atoms in total. The number of nitrogens with one attached hydrogen (secondary N) is 1. The molecule has 1 saturated heterocycles. The van der Waals surface area contributed by atoms with Gasteiger partial charge in [-0.1, -0.05) is 11.3 Å². The molecule has 3 rings (SSSR count). The van der Waals surface area contributed by atoms with Crippen molar-refractivity contribution in [3.05, 3.63) is 20.0 Å². The quantitative estimate of drug-likeness (QED) is 0.474. The molecule has 124 valence electrons. The molecule has 4 atom stereocenters. The van der Waals surface area contributed by atoms with E-state index in [-0.39, 0.29) is 16.3 Å². The molecular weight excluding hydrogens is 328 g/mol. The first kappa shape index (κ1) is 15.8. The number of H-pyrrole nitrogens is 1. The molecule has 0 aromatic carbocycles. The van der Waals surface area contributed by atoms with Crippen molar-refractivity contribution in [3.8, 4) is 0 Å². The minimum absolute atomic E-state index is 0.0266.